The lowest BCUT2D eigenvalue weighted by Crippen LogP contribution is -2.41. The van der Waals surface area contributed by atoms with Gasteiger partial charge in [-0.05, 0) is 31.9 Å². The third kappa shape index (κ3) is 4.81. The van der Waals surface area contributed by atoms with Crippen LogP contribution in [0.2, 0.25) is 0 Å². The quantitative estimate of drug-likeness (QED) is 0.809. The second-order valence-corrected chi connectivity index (χ2v) is 6.83. The monoisotopic (exact) mass is 342 g/mol. The van der Waals surface area contributed by atoms with Crippen molar-refractivity contribution in [2.75, 3.05) is 19.7 Å². The molecule has 1 unspecified atom stereocenters. The Hall–Kier alpha value is -2.37. The van der Waals surface area contributed by atoms with Gasteiger partial charge < -0.3 is 14.2 Å². The second-order valence-electron chi connectivity index (χ2n) is 6.83. The van der Waals surface area contributed by atoms with Gasteiger partial charge in [-0.2, -0.15) is 0 Å². The van der Waals surface area contributed by atoms with Crippen LogP contribution in [-0.2, 0) is 18.3 Å². The number of benzene rings is 1. The number of rotatable bonds is 6. The lowest BCUT2D eigenvalue weighted by Gasteiger charge is -2.32. The highest BCUT2D eigenvalue weighted by atomic mass is 16.5. The van der Waals surface area contributed by atoms with Crippen molar-refractivity contribution < 1.29 is 9.53 Å². The zero-order valence-corrected chi connectivity index (χ0v) is 15.0. The topological polar surface area (TPSA) is 60.2 Å². The van der Waals surface area contributed by atoms with Crippen molar-refractivity contribution in [3.05, 3.63) is 42.0 Å². The molecule has 1 fully saturated rings. The van der Waals surface area contributed by atoms with Crippen LogP contribution < -0.4 is 4.74 Å². The van der Waals surface area contributed by atoms with Crippen LogP contribution in [-0.4, -0.2) is 45.3 Å². The normalized spacial score (nSPS) is 17.5. The van der Waals surface area contributed by atoms with Gasteiger partial charge in [0.1, 0.15) is 17.9 Å². The van der Waals surface area contributed by atoms with E-state index in [4.69, 9.17) is 4.74 Å². The smallest absolute Gasteiger partial charge is 0.223 e. The number of aryl methyl sites for hydroxylation is 3. The fourth-order valence-corrected chi connectivity index (χ4v) is 3.19. The van der Waals surface area contributed by atoms with Gasteiger partial charge in [0.15, 0.2) is 0 Å². The molecule has 6 nitrogen and oxygen atoms in total. The first kappa shape index (κ1) is 17.5. The van der Waals surface area contributed by atoms with Crippen molar-refractivity contribution in [1.29, 1.82) is 0 Å². The minimum atomic E-state index is 0.197. The minimum absolute atomic E-state index is 0.197. The minimum Gasteiger partial charge on any atom is -0.493 e. The molecular formula is C19H26N4O2. The molecule has 1 aromatic heterocycles. The molecule has 0 bridgehead atoms. The van der Waals surface area contributed by atoms with E-state index < -0.39 is 0 Å². The molecule has 0 N–H and O–H groups in total. The Bertz CT molecular complexity index is 696. The molecule has 0 radical (unpaired) electrons. The summed E-state index contributed by atoms with van der Waals surface area (Å²) < 4.78 is 7.77. The summed E-state index contributed by atoms with van der Waals surface area (Å²) in [7, 11) is 1.90. The summed E-state index contributed by atoms with van der Waals surface area (Å²) in [5.74, 6) is 2.35. The summed E-state index contributed by atoms with van der Waals surface area (Å²) >= 11 is 0. The molecule has 1 aromatic carbocycles. The third-order valence-electron chi connectivity index (χ3n) is 4.75. The zero-order valence-electron chi connectivity index (χ0n) is 15.0. The highest BCUT2D eigenvalue weighted by Crippen LogP contribution is 2.20. The molecule has 134 valence electrons. The predicted octanol–water partition coefficient (Wildman–Crippen LogP) is 2.37. The summed E-state index contributed by atoms with van der Waals surface area (Å²) in [4.78, 5) is 14.5. The molecule has 1 saturated heterocycles. The predicted molar refractivity (Wildman–Crippen MR) is 95.3 cm³/mol. The Kier molecular flexibility index (Phi) is 5.68. The standard InChI is InChI=1S/C19H26N4O2/c1-15-5-7-17(8-6-15)25-13-16-4-3-11-23(12-16)19(24)10-9-18-21-20-14-22(18)2/h5-8,14,16H,3-4,9-13H2,1-2H3. The van der Waals surface area contributed by atoms with Crippen LogP contribution in [0.1, 0.15) is 30.7 Å². The van der Waals surface area contributed by atoms with Crippen molar-refractivity contribution in [2.45, 2.75) is 32.6 Å². The zero-order chi connectivity index (χ0) is 17.6. The lowest BCUT2D eigenvalue weighted by molar-refractivity contribution is -0.133. The van der Waals surface area contributed by atoms with Gasteiger partial charge in [-0.15, -0.1) is 10.2 Å². The van der Waals surface area contributed by atoms with Gasteiger partial charge in [-0.1, -0.05) is 17.7 Å². The van der Waals surface area contributed by atoms with Crippen LogP contribution in [0, 0.1) is 12.8 Å². The molecular weight excluding hydrogens is 316 g/mol. The Labute approximate surface area is 148 Å². The first-order valence-electron chi connectivity index (χ1n) is 8.92. The maximum absolute atomic E-state index is 12.5. The average Bonchev–Trinajstić information content (AvgIpc) is 3.04. The fraction of sp³-hybridized carbons (Fsp3) is 0.526. The number of carbonyl (C=O) groups is 1. The number of carbonyl (C=O) groups excluding carboxylic acids is 1. The average molecular weight is 342 g/mol. The van der Waals surface area contributed by atoms with Crippen molar-refractivity contribution in [3.8, 4) is 5.75 Å². The molecule has 1 atom stereocenters. The number of ether oxygens (including phenoxy) is 1. The molecule has 1 amide bonds. The Morgan fingerprint density at radius 2 is 2.12 bits per heavy atom. The molecule has 1 aliphatic rings. The van der Waals surface area contributed by atoms with E-state index in [1.807, 2.05) is 28.6 Å². The maximum atomic E-state index is 12.5. The first-order valence-corrected chi connectivity index (χ1v) is 8.92. The van der Waals surface area contributed by atoms with E-state index in [9.17, 15) is 4.79 Å². The molecule has 2 aromatic rings. The van der Waals surface area contributed by atoms with E-state index in [-0.39, 0.29) is 5.91 Å². The summed E-state index contributed by atoms with van der Waals surface area (Å²) in [6.07, 6.45) is 4.93. The molecule has 3 rings (SSSR count). The van der Waals surface area contributed by atoms with Crippen LogP contribution in [0.5, 0.6) is 5.75 Å². The van der Waals surface area contributed by atoms with Crippen LogP contribution >= 0.6 is 0 Å². The molecule has 2 heterocycles. The van der Waals surface area contributed by atoms with Crippen LogP contribution in [0.4, 0.5) is 0 Å². The van der Waals surface area contributed by atoms with Gasteiger partial charge in [0, 0.05) is 38.9 Å². The van der Waals surface area contributed by atoms with E-state index >= 15 is 0 Å². The van der Waals surface area contributed by atoms with Gasteiger partial charge in [0.05, 0.1) is 6.61 Å². The highest BCUT2D eigenvalue weighted by Gasteiger charge is 2.24. The number of aromatic nitrogens is 3. The van der Waals surface area contributed by atoms with Crippen molar-refractivity contribution >= 4 is 5.91 Å². The number of likely N-dealkylation sites (tertiary alicyclic amines) is 1. The number of hydrogen-bond acceptors (Lipinski definition) is 4. The SMILES string of the molecule is Cc1ccc(OCC2CCCN(C(=O)CCc3nncn3C)C2)cc1. The summed E-state index contributed by atoms with van der Waals surface area (Å²) in [5.41, 5.74) is 1.23. The number of nitrogens with zero attached hydrogens (tertiary/aromatic N) is 4. The van der Waals surface area contributed by atoms with Crippen molar-refractivity contribution in [1.82, 2.24) is 19.7 Å². The summed E-state index contributed by atoms with van der Waals surface area (Å²) in [6.45, 7) is 4.35. The highest BCUT2D eigenvalue weighted by molar-refractivity contribution is 5.76. The molecule has 0 aliphatic carbocycles. The molecule has 0 saturated carbocycles. The fourth-order valence-electron chi connectivity index (χ4n) is 3.19. The maximum Gasteiger partial charge on any atom is 0.223 e. The summed E-state index contributed by atoms with van der Waals surface area (Å²) in [5, 5.41) is 7.89. The molecule has 0 spiro atoms. The van der Waals surface area contributed by atoms with Crippen molar-refractivity contribution in [3.63, 3.8) is 0 Å². The number of amides is 1. The van der Waals surface area contributed by atoms with Crippen molar-refractivity contribution in [2.24, 2.45) is 13.0 Å². The van der Waals surface area contributed by atoms with Gasteiger partial charge in [0.2, 0.25) is 5.91 Å². The van der Waals surface area contributed by atoms with Gasteiger partial charge in [-0.3, -0.25) is 4.79 Å². The number of hydrogen-bond donors (Lipinski definition) is 0. The molecule has 1 aliphatic heterocycles. The Morgan fingerprint density at radius 1 is 1.32 bits per heavy atom. The Morgan fingerprint density at radius 3 is 2.84 bits per heavy atom. The second kappa shape index (κ2) is 8.14. The van der Waals surface area contributed by atoms with E-state index in [1.54, 1.807) is 6.33 Å². The molecule has 25 heavy (non-hydrogen) atoms. The Balaban J connectivity index is 1.46. The largest absolute Gasteiger partial charge is 0.493 e. The number of piperidine rings is 1. The van der Waals surface area contributed by atoms with E-state index in [0.29, 0.717) is 25.4 Å². The van der Waals surface area contributed by atoms with Gasteiger partial charge >= 0.3 is 0 Å². The van der Waals surface area contributed by atoms with Crippen LogP contribution in [0.15, 0.2) is 30.6 Å². The van der Waals surface area contributed by atoms with Gasteiger partial charge in [0.25, 0.3) is 0 Å². The molecule has 6 heteroatoms. The summed E-state index contributed by atoms with van der Waals surface area (Å²) in [6, 6.07) is 8.11. The van der Waals surface area contributed by atoms with Crippen LogP contribution in [0.3, 0.4) is 0 Å². The van der Waals surface area contributed by atoms with Crippen LogP contribution in [0.25, 0.3) is 0 Å². The third-order valence-corrected chi connectivity index (χ3v) is 4.75. The lowest BCUT2D eigenvalue weighted by atomic mass is 9.98. The van der Waals surface area contributed by atoms with E-state index in [2.05, 4.69) is 29.3 Å². The first-order chi connectivity index (χ1) is 12.1. The van der Waals surface area contributed by atoms with Gasteiger partial charge in [-0.25, -0.2) is 0 Å². The van der Waals surface area contributed by atoms with E-state index in [1.165, 1.54) is 5.56 Å². The van der Waals surface area contributed by atoms with E-state index in [0.717, 1.165) is 37.5 Å².